The summed E-state index contributed by atoms with van der Waals surface area (Å²) >= 11 is 0. The van der Waals surface area contributed by atoms with E-state index in [4.69, 9.17) is 0 Å². The lowest BCUT2D eigenvalue weighted by Gasteiger charge is -2.12. The molecule has 0 aliphatic rings. The van der Waals surface area contributed by atoms with E-state index in [2.05, 4.69) is 31.7 Å². The molecule has 4 aromatic rings. The number of benzene rings is 3. The molecule has 0 radical (unpaired) electrons. The summed E-state index contributed by atoms with van der Waals surface area (Å²) in [6.07, 6.45) is 1.06. The van der Waals surface area contributed by atoms with E-state index in [-0.39, 0.29) is 11.6 Å². The molecule has 1 heterocycles. The highest BCUT2D eigenvalue weighted by Gasteiger charge is 2.24. The summed E-state index contributed by atoms with van der Waals surface area (Å²) in [4.78, 5) is 43.7. The third-order valence-electron chi connectivity index (χ3n) is 4.94. The second kappa shape index (κ2) is 9.61. The maximum absolute atomic E-state index is 12.7. The van der Waals surface area contributed by atoms with Gasteiger partial charge in [-0.15, -0.1) is 0 Å². The molecular weight excluding hydrogens is 438 g/mol. The zero-order chi connectivity index (χ0) is 24.1. The van der Waals surface area contributed by atoms with Crippen molar-refractivity contribution >= 4 is 39.9 Å². The van der Waals surface area contributed by atoms with Crippen LogP contribution in [0.2, 0.25) is 0 Å². The summed E-state index contributed by atoms with van der Waals surface area (Å²) < 4.78 is 0. The van der Waals surface area contributed by atoms with Crippen LogP contribution in [0.3, 0.4) is 0 Å². The molecule has 0 saturated heterocycles. The Kier molecular flexibility index (Phi) is 6.26. The van der Waals surface area contributed by atoms with Crippen LogP contribution < -0.4 is 21.7 Å². The topological polar surface area (TPSA) is 151 Å². The predicted octanol–water partition coefficient (Wildman–Crippen LogP) is 3.36. The molecule has 0 aliphatic carbocycles. The number of nitro groups is 1. The van der Waals surface area contributed by atoms with Gasteiger partial charge in [-0.2, -0.15) is 0 Å². The quantitative estimate of drug-likeness (QED) is 0.244. The number of rotatable bonds is 7. The number of aromatic nitrogens is 2. The normalized spacial score (nSPS) is 10.4. The first-order valence-electron chi connectivity index (χ1n) is 10.1. The lowest BCUT2D eigenvalue weighted by Crippen LogP contribution is -2.32. The summed E-state index contributed by atoms with van der Waals surface area (Å²) in [5, 5.41) is 13.3. The first-order chi connectivity index (χ1) is 16.4. The van der Waals surface area contributed by atoms with Gasteiger partial charge >= 0.3 is 5.69 Å². The minimum absolute atomic E-state index is 0.262. The van der Waals surface area contributed by atoms with Crippen LogP contribution in [0, 0.1) is 17.0 Å². The van der Waals surface area contributed by atoms with E-state index in [1.807, 2.05) is 31.2 Å². The summed E-state index contributed by atoms with van der Waals surface area (Å²) in [6.45, 7) is 1.89. The standard InChI is InChI=1S/C23H19N7O4/c1-14-9-11-16(12-10-14)22(31)28-26-20-19(30(33)34)21(25-13-24-20)27-29-23(32)18-8-4-6-15-5-2-3-7-17(15)18/h2-13H,1H3,(H,28,31)(H,29,32)(H2,24,25,26,27). The molecule has 0 bridgehead atoms. The molecule has 0 unspecified atom stereocenters. The van der Waals surface area contributed by atoms with Gasteiger partial charge in [0.15, 0.2) is 0 Å². The Bertz CT molecular complexity index is 1380. The minimum atomic E-state index is -0.729. The second-order valence-electron chi connectivity index (χ2n) is 7.23. The van der Waals surface area contributed by atoms with E-state index < -0.39 is 22.4 Å². The van der Waals surface area contributed by atoms with Crippen LogP contribution in [0.25, 0.3) is 10.8 Å². The SMILES string of the molecule is Cc1ccc(C(=O)NNc2ncnc(NNC(=O)c3cccc4ccccc34)c2[N+](=O)[O-])cc1. The molecule has 0 spiro atoms. The van der Waals surface area contributed by atoms with Crippen molar-refractivity contribution in [3.8, 4) is 0 Å². The number of amides is 2. The number of aryl methyl sites for hydroxylation is 1. The first kappa shape index (κ1) is 22.1. The Morgan fingerprint density at radius 1 is 0.824 bits per heavy atom. The molecule has 4 rings (SSSR count). The van der Waals surface area contributed by atoms with Gasteiger partial charge < -0.3 is 0 Å². The Morgan fingerprint density at radius 3 is 2.12 bits per heavy atom. The van der Waals surface area contributed by atoms with Gasteiger partial charge in [-0.1, -0.05) is 54.1 Å². The van der Waals surface area contributed by atoms with E-state index in [1.165, 1.54) is 0 Å². The molecule has 4 N–H and O–H groups in total. The maximum Gasteiger partial charge on any atom is 0.356 e. The monoisotopic (exact) mass is 457 g/mol. The Balaban J connectivity index is 1.50. The number of nitrogens with one attached hydrogen (secondary N) is 4. The van der Waals surface area contributed by atoms with Crippen LogP contribution >= 0.6 is 0 Å². The third kappa shape index (κ3) is 4.72. The van der Waals surface area contributed by atoms with Crippen molar-refractivity contribution in [2.75, 3.05) is 10.9 Å². The molecule has 0 aliphatic heterocycles. The molecular formula is C23H19N7O4. The second-order valence-corrected chi connectivity index (χ2v) is 7.23. The van der Waals surface area contributed by atoms with Gasteiger partial charge in [-0.3, -0.25) is 41.4 Å². The highest BCUT2D eigenvalue weighted by molar-refractivity contribution is 6.07. The van der Waals surface area contributed by atoms with Crippen molar-refractivity contribution in [2.24, 2.45) is 0 Å². The van der Waals surface area contributed by atoms with Gasteiger partial charge in [0.05, 0.1) is 4.92 Å². The summed E-state index contributed by atoms with van der Waals surface area (Å²) in [5.41, 5.74) is 10.9. The van der Waals surface area contributed by atoms with E-state index >= 15 is 0 Å². The van der Waals surface area contributed by atoms with Crippen molar-refractivity contribution in [3.05, 3.63) is 99.9 Å². The van der Waals surface area contributed by atoms with Crippen LogP contribution in [-0.4, -0.2) is 26.7 Å². The van der Waals surface area contributed by atoms with Crippen LogP contribution in [0.4, 0.5) is 17.3 Å². The molecule has 34 heavy (non-hydrogen) atoms. The number of fused-ring (bicyclic) bond motifs is 1. The predicted molar refractivity (Wildman–Crippen MR) is 126 cm³/mol. The largest absolute Gasteiger partial charge is 0.356 e. The molecule has 1 aromatic heterocycles. The third-order valence-corrected chi connectivity index (χ3v) is 4.94. The fraction of sp³-hybridized carbons (Fsp3) is 0.0435. The molecule has 170 valence electrons. The van der Waals surface area contributed by atoms with Crippen molar-refractivity contribution in [1.82, 2.24) is 20.8 Å². The number of carbonyl (C=O) groups excluding carboxylic acids is 2. The van der Waals surface area contributed by atoms with Crippen LogP contribution in [0.5, 0.6) is 0 Å². The lowest BCUT2D eigenvalue weighted by atomic mass is 10.0. The van der Waals surface area contributed by atoms with E-state index in [0.29, 0.717) is 11.1 Å². The molecule has 0 fully saturated rings. The summed E-state index contributed by atoms with van der Waals surface area (Å²) in [5.74, 6) is -1.54. The number of hydrogen-bond donors (Lipinski definition) is 4. The fourth-order valence-corrected chi connectivity index (χ4v) is 3.23. The van der Waals surface area contributed by atoms with E-state index in [0.717, 1.165) is 22.7 Å². The summed E-state index contributed by atoms with van der Waals surface area (Å²) in [6, 6.07) is 19.4. The van der Waals surface area contributed by atoms with E-state index in [9.17, 15) is 19.7 Å². The zero-order valence-corrected chi connectivity index (χ0v) is 17.9. The average molecular weight is 457 g/mol. The van der Waals surface area contributed by atoms with Crippen molar-refractivity contribution in [1.29, 1.82) is 0 Å². The van der Waals surface area contributed by atoms with Gasteiger partial charge in [-0.25, -0.2) is 9.97 Å². The summed E-state index contributed by atoms with van der Waals surface area (Å²) in [7, 11) is 0. The molecule has 0 saturated carbocycles. The van der Waals surface area contributed by atoms with E-state index in [1.54, 1.807) is 42.5 Å². The number of hydrazine groups is 2. The van der Waals surface area contributed by atoms with Crippen LogP contribution in [0.1, 0.15) is 26.3 Å². The van der Waals surface area contributed by atoms with Gasteiger partial charge in [0.2, 0.25) is 11.6 Å². The Hall–Kier alpha value is -5.06. The van der Waals surface area contributed by atoms with Gasteiger partial charge in [-0.05, 0) is 35.9 Å². The minimum Gasteiger partial charge on any atom is -0.276 e. The molecule has 3 aromatic carbocycles. The van der Waals surface area contributed by atoms with Crippen LogP contribution in [-0.2, 0) is 0 Å². The van der Waals surface area contributed by atoms with Crippen molar-refractivity contribution in [3.63, 3.8) is 0 Å². The highest BCUT2D eigenvalue weighted by atomic mass is 16.6. The van der Waals surface area contributed by atoms with Gasteiger partial charge in [0, 0.05) is 11.1 Å². The molecule has 11 heteroatoms. The number of hydrogen-bond acceptors (Lipinski definition) is 8. The smallest absolute Gasteiger partial charge is 0.276 e. The first-order valence-corrected chi connectivity index (χ1v) is 10.1. The Labute approximate surface area is 193 Å². The van der Waals surface area contributed by atoms with Crippen LogP contribution in [0.15, 0.2) is 73.1 Å². The van der Waals surface area contributed by atoms with Crippen molar-refractivity contribution in [2.45, 2.75) is 6.92 Å². The highest BCUT2D eigenvalue weighted by Crippen LogP contribution is 2.28. The fourth-order valence-electron chi connectivity index (χ4n) is 3.23. The molecule has 0 atom stereocenters. The van der Waals surface area contributed by atoms with Crippen molar-refractivity contribution < 1.29 is 14.5 Å². The zero-order valence-electron chi connectivity index (χ0n) is 17.9. The number of nitrogens with zero attached hydrogens (tertiary/aromatic N) is 3. The molecule has 2 amide bonds. The average Bonchev–Trinajstić information content (AvgIpc) is 2.85. The number of anilines is 2. The molecule has 11 nitrogen and oxygen atoms in total. The Morgan fingerprint density at radius 2 is 1.44 bits per heavy atom. The van der Waals surface area contributed by atoms with Gasteiger partial charge in [0.25, 0.3) is 11.8 Å². The van der Waals surface area contributed by atoms with Gasteiger partial charge in [0.1, 0.15) is 6.33 Å². The lowest BCUT2D eigenvalue weighted by molar-refractivity contribution is -0.383. The number of carbonyl (C=O) groups is 2. The maximum atomic E-state index is 12.7.